The molecule has 1 saturated carbocycles. The molecular weight excluding hydrogens is 506 g/mol. The summed E-state index contributed by atoms with van der Waals surface area (Å²) in [6, 6.07) is 16.6. The number of halogens is 1. The first-order valence-corrected chi connectivity index (χ1v) is 15.4. The Kier molecular flexibility index (Phi) is 7.86. The van der Waals surface area contributed by atoms with Crippen LogP contribution in [-0.2, 0) is 0 Å². The monoisotopic (exact) mass is 547 g/mol. The highest BCUT2D eigenvalue weighted by Gasteiger charge is 2.41. The topological polar surface area (TPSA) is 53.4 Å². The largest absolute Gasteiger partial charge is 0.335 e. The van der Waals surface area contributed by atoms with Crippen molar-refractivity contribution in [3.8, 4) is 0 Å². The average Bonchev–Trinajstić information content (AvgIpc) is 3.39. The predicted octanol–water partition coefficient (Wildman–Crippen LogP) is 7.41. The van der Waals surface area contributed by atoms with Gasteiger partial charge in [-0.2, -0.15) is 0 Å². The van der Waals surface area contributed by atoms with Crippen LogP contribution in [0.4, 0.5) is 10.5 Å². The second-order valence-electron chi connectivity index (χ2n) is 12.0. The number of amides is 2. The summed E-state index contributed by atoms with van der Waals surface area (Å²) in [5.41, 5.74) is 4.30. The Balaban J connectivity index is 1.12. The highest BCUT2D eigenvalue weighted by atomic mass is 35.5. The van der Waals surface area contributed by atoms with Gasteiger partial charge in [-0.3, -0.25) is 9.80 Å². The Morgan fingerprint density at radius 3 is 2.49 bits per heavy atom. The molecule has 2 bridgehead atoms. The molecule has 3 heterocycles. The molecule has 3 atom stereocenters. The summed E-state index contributed by atoms with van der Waals surface area (Å²) in [4.78, 5) is 23.0. The zero-order chi connectivity index (χ0) is 26.9. The van der Waals surface area contributed by atoms with Crippen molar-refractivity contribution >= 4 is 34.4 Å². The highest BCUT2D eigenvalue weighted by molar-refractivity contribution is 6.31. The van der Waals surface area contributed by atoms with Crippen LogP contribution in [0.2, 0.25) is 5.02 Å². The molecule has 1 N–H and O–H groups in total. The minimum atomic E-state index is 0.0194. The van der Waals surface area contributed by atoms with E-state index in [1.807, 2.05) is 30.0 Å². The molecule has 1 unspecified atom stereocenters. The van der Waals surface area contributed by atoms with E-state index in [0.717, 1.165) is 48.4 Å². The lowest BCUT2D eigenvalue weighted by atomic mass is 9.96. The van der Waals surface area contributed by atoms with Crippen molar-refractivity contribution in [1.82, 2.24) is 19.8 Å². The van der Waals surface area contributed by atoms with Crippen molar-refractivity contribution in [3.05, 3.63) is 58.9 Å². The number of piperidine rings is 1. The molecule has 3 fully saturated rings. The van der Waals surface area contributed by atoms with Gasteiger partial charge in [-0.1, -0.05) is 49.1 Å². The van der Waals surface area contributed by atoms with E-state index in [2.05, 4.69) is 46.0 Å². The van der Waals surface area contributed by atoms with Gasteiger partial charge in [0.15, 0.2) is 0 Å². The van der Waals surface area contributed by atoms with E-state index in [4.69, 9.17) is 16.6 Å². The number of anilines is 1. The number of carbonyl (C=O) groups excluding carboxylic acids is 1. The Labute approximate surface area is 237 Å². The molecule has 2 aromatic carbocycles. The van der Waals surface area contributed by atoms with Crippen molar-refractivity contribution < 1.29 is 4.79 Å². The number of rotatable bonds is 7. The summed E-state index contributed by atoms with van der Waals surface area (Å²) in [6.45, 7) is 5.88. The van der Waals surface area contributed by atoms with E-state index in [1.165, 1.54) is 50.5 Å². The van der Waals surface area contributed by atoms with Crippen LogP contribution in [0.1, 0.15) is 81.6 Å². The predicted molar refractivity (Wildman–Crippen MR) is 160 cm³/mol. The summed E-state index contributed by atoms with van der Waals surface area (Å²) in [7, 11) is 0. The minimum absolute atomic E-state index is 0.0194. The van der Waals surface area contributed by atoms with Crippen LogP contribution in [0.5, 0.6) is 0 Å². The number of hydrogen-bond donors (Lipinski definition) is 1. The van der Waals surface area contributed by atoms with Crippen LogP contribution >= 0.6 is 11.6 Å². The molecule has 1 aliphatic carbocycles. The molecule has 7 heteroatoms. The van der Waals surface area contributed by atoms with E-state index >= 15 is 0 Å². The van der Waals surface area contributed by atoms with Gasteiger partial charge in [0.2, 0.25) is 0 Å². The molecule has 6 rings (SSSR count). The quantitative estimate of drug-likeness (QED) is 0.335. The Bertz CT molecular complexity index is 1300. The minimum Gasteiger partial charge on any atom is -0.335 e. The lowest BCUT2D eigenvalue weighted by molar-refractivity contribution is 0.107. The fraction of sp³-hybridized carbons (Fsp3) is 0.562. The van der Waals surface area contributed by atoms with Crippen molar-refractivity contribution in [2.75, 3.05) is 18.0 Å². The number of para-hydroxylation sites is 2. The number of benzene rings is 2. The third-order valence-corrected chi connectivity index (χ3v) is 9.85. The number of imidazole rings is 1. The first-order chi connectivity index (χ1) is 19.0. The van der Waals surface area contributed by atoms with E-state index in [-0.39, 0.29) is 12.1 Å². The first-order valence-electron chi connectivity index (χ1n) is 15.0. The number of hydrogen-bond acceptors (Lipinski definition) is 3. The summed E-state index contributed by atoms with van der Waals surface area (Å²) < 4.78 is 2.50. The molecule has 39 heavy (non-hydrogen) atoms. The van der Waals surface area contributed by atoms with Crippen LogP contribution in [0, 0.1) is 13.8 Å². The summed E-state index contributed by atoms with van der Waals surface area (Å²) in [6.07, 6.45) is 11.7. The molecule has 0 radical (unpaired) electrons. The number of aryl methyl sites for hydroxylation is 2. The fourth-order valence-electron chi connectivity index (χ4n) is 7.46. The number of nitrogens with one attached hydrogen (secondary N) is 1. The van der Waals surface area contributed by atoms with Gasteiger partial charge in [0.25, 0.3) is 0 Å². The van der Waals surface area contributed by atoms with E-state index in [1.54, 1.807) is 0 Å². The Morgan fingerprint density at radius 2 is 1.74 bits per heavy atom. The van der Waals surface area contributed by atoms with Crippen LogP contribution in [-0.4, -0.2) is 51.7 Å². The zero-order valence-electron chi connectivity index (χ0n) is 23.4. The lowest BCUT2D eigenvalue weighted by Gasteiger charge is -2.40. The number of fused-ring (bicyclic) bond motifs is 3. The first kappa shape index (κ1) is 26.6. The third kappa shape index (κ3) is 5.55. The summed E-state index contributed by atoms with van der Waals surface area (Å²) in [5, 5.41) is 4.05. The van der Waals surface area contributed by atoms with Crippen LogP contribution in [0.3, 0.4) is 0 Å². The number of aromatic nitrogens is 2. The van der Waals surface area contributed by atoms with Gasteiger partial charge in [-0.05, 0) is 88.6 Å². The highest BCUT2D eigenvalue weighted by Crippen LogP contribution is 2.42. The SMILES string of the molecule is Cc1ccc(N(CCCN2[C@@H]3CC[C@H]2CC(n2c(C)nc4ccccc42)C3)C(=O)NC2CCCCC2)cc1Cl. The molecule has 208 valence electrons. The Morgan fingerprint density at radius 1 is 1.00 bits per heavy atom. The molecule has 3 aromatic rings. The van der Waals surface area contributed by atoms with Crippen molar-refractivity contribution in [2.24, 2.45) is 0 Å². The van der Waals surface area contributed by atoms with E-state index in [9.17, 15) is 4.79 Å². The molecule has 1 aromatic heterocycles. The fourth-order valence-corrected chi connectivity index (χ4v) is 7.63. The molecule has 6 nitrogen and oxygen atoms in total. The van der Waals surface area contributed by atoms with Gasteiger partial charge < -0.3 is 9.88 Å². The van der Waals surface area contributed by atoms with E-state index < -0.39 is 0 Å². The van der Waals surface area contributed by atoms with Gasteiger partial charge in [0.1, 0.15) is 5.82 Å². The van der Waals surface area contributed by atoms with Gasteiger partial charge in [0.05, 0.1) is 11.0 Å². The Hall–Kier alpha value is -2.57. The number of carbonyl (C=O) groups is 1. The normalized spacial score (nSPS) is 23.8. The molecule has 0 spiro atoms. The standard InChI is InChI=1S/C32H42ClN5O/c1-22-13-14-27(21-29(22)33)37(32(39)35-24-9-4-3-5-10-24)18-8-17-36-25-15-16-26(36)20-28(19-25)38-23(2)34-30-11-6-7-12-31(30)38/h6-7,11-14,21,24-26,28H,3-5,8-10,15-20H2,1-2H3,(H,35,39)/t25-,26+,28?. The van der Waals surface area contributed by atoms with Crippen LogP contribution < -0.4 is 10.2 Å². The maximum absolute atomic E-state index is 13.5. The smallest absolute Gasteiger partial charge is 0.322 e. The van der Waals surface area contributed by atoms with Crippen LogP contribution in [0.25, 0.3) is 11.0 Å². The zero-order valence-corrected chi connectivity index (χ0v) is 24.2. The van der Waals surface area contributed by atoms with Gasteiger partial charge >= 0.3 is 6.03 Å². The van der Waals surface area contributed by atoms with E-state index in [0.29, 0.717) is 29.7 Å². The van der Waals surface area contributed by atoms with Crippen molar-refractivity contribution in [1.29, 1.82) is 0 Å². The number of nitrogens with zero attached hydrogens (tertiary/aromatic N) is 4. The number of urea groups is 1. The molecule has 3 aliphatic rings. The van der Waals surface area contributed by atoms with Gasteiger partial charge in [0, 0.05) is 48.0 Å². The molecule has 2 amide bonds. The van der Waals surface area contributed by atoms with Gasteiger partial charge in [-0.15, -0.1) is 0 Å². The van der Waals surface area contributed by atoms with Gasteiger partial charge in [-0.25, -0.2) is 9.78 Å². The average molecular weight is 548 g/mol. The van der Waals surface area contributed by atoms with Crippen LogP contribution in [0.15, 0.2) is 42.5 Å². The van der Waals surface area contributed by atoms with Crippen molar-refractivity contribution in [3.63, 3.8) is 0 Å². The summed E-state index contributed by atoms with van der Waals surface area (Å²) >= 11 is 6.49. The second kappa shape index (κ2) is 11.5. The van der Waals surface area contributed by atoms with Crippen molar-refractivity contribution in [2.45, 2.75) is 102 Å². The second-order valence-corrected chi connectivity index (χ2v) is 12.4. The third-order valence-electron chi connectivity index (χ3n) is 9.44. The maximum atomic E-state index is 13.5. The lowest BCUT2D eigenvalue weighted by Crippen LogP contribution is -2.48. The molecule has 2 aliphatic heterocycles. The maximum Gasteiger partial charge on any atom is 0.322 e. The molecule has 2 saturated heterocycles. The summed E-state index contributed by atoms with van der Waals surface area (Å²) in [5.74, 6) is 1.13. The molecular formula is C32H42ClN5O.